The van der Waals surface area contributed by atoms with Gasteiger partial charge < -0.3 is 24.6 Å². The summed E-state index contributed by atoms with van der Waals surface area (Å²) in [4.78, 5) is 35.4. The molecule has 210 valence electrons. The zero-order valence-corrected chi connectivity index (χ0v) is 24.2. The summed E-state index contributed by atoms with van der Waals surface area (Å²) in [5.41, 5.74) is 3.88. The van der Waals surface area contributed by atoms with E-state index in [1.807, 2.05) is 42.5 Å². The summed E-state index contributed by atoms with van der Waals surface area (Å²) in [6.07, 6.45) is 12.2. The Morgan fingerprint density at radius 1 is 1.05 bits per heavy atom. The molecule has 0 saturated heterocycles. The first-order valence-corrected chi connectivity index (χ1v) is 15.5. The van der Waals surface area contributed by atoms with Crippen molar-refractivity contribution in [2.45, 2.75) is 69.4 Å². The number of benzene rings is 2. The fourth-order valence-electron chi connectivity index (χ4n) is 6.49. The number of aromatic amines is 1. The van der Waals surface area contributed by atoms with Crippen molar-refractivity contribution in [2.24, 2.45) is 0 Å². The van der Waals surface area contributed by atoms with Gasteiger partial charge in [0, 0.05) is 17.3 Å². The average Bonchev–Trinajstić information content (AvgIpc) is 3.79. The van der Waals surface area contributed by atoms with Crippen molar-refractivity contribution in [3.8, 4) is 11.4 Å². The number of amides is 2. The Balaban J connectivity index is 1.17. The van der Waals surface area contributed by atoms with Crippen molar-refractivity contribution in [1.82, 2.24) is 19.9 Å². The second kappa shape index (κ2) is 10.6. The topological polar surface area (TPSA) is 105 Å². The Hall–Kier alpha value is -3.76. The molecule has 2 saturated carbocycles. The Morgan fingerprint density at radius 3 is 2.66 bits per heavy atom. The first-order valence-electron chi connectivity index (χ1n) is 14.3. The van der Waals surface area contributed by atoms with Crippen molar-refractivity contribution in [2.75, 3.05) is 5.32 Å². The molecule has 2 amide bonds. The smallest absolute Gasteiger partial charge is 0.252 e. The molecular formula is C31H31N5O3S2. The van der Waals surface area contributed by atoms with Gasteiger partial charge in [-0.3, -0.25) is 9.59 Å². The van der Waals surface area contributed by atoms with Gasteiger partial charge in [-0.05, 0) is 80.4 Å². The minimum Gasteiger partial charge on any atom is -0.472 e. The Bertz CT molecular complexity index is 1800. The summed E-state index contributed by atoms with van der Waals surface area (Å²) in [6.45, 7) is 0. The lowest BCUT2D eigenvalue weighted by atomic mass is 9.94. The predicted molar refractivity (Wildman–Crippen MR) is 164 cm³/mol. The number of aromatic nitrogens is 3. The first-order chi connectivity index (χ1) is 20.0. The highest BCUT2D eigenvalue weighted by Gasteiger charge is 2.42. The van der Waals surface area contributed by atoms with Crippen LogP contribution in [0.4, 0.5) is 5.69 Å². The molecule has 7 rings (SSSR count). The van der Waals surface area contributed by atoms with Crippen molar-refractivity contribution in [3.63, 3.8) is 0 Å². The quantitative estimate of drug-likeness (QED) is 0.177. The van der Waals surface area contributed by atoms with Gasteiger partial charge in [-0.25, -0.2) is 4.98 Å². The van der Waals surface area contributed by atoms with E-state index in [1.54, 1.807) is 12.5 Å². The summed E-state index contributed by atoms with van der Waals surface area (Å²) in [6, 6.07) is 13.7. The normalized spacial score (nSPS) is 17.3. The molecule has 0 spiro atoms. The van der Waals surface area contributed by atoms with Crippen molar-refractivity contribution < 1.29 is 14.0 Å². The summed E-state index contributed by atoms with van der Waals surface area (Å²) >= 11 is 6.72. The standard InChI is InChI=1S/C31H31N5O3S2/c37-28(35-31(13-4-5-14-31)29(38)32-21-9-10-23-26(17-21)41-30(40)34-23)19-8-11-25-24(16-19)33-27(20-12-15-39-18-20)36(25)22-6-2-1-3-7-22/h8-12,15-18,22H,1-7,13-14H2,(H,32,38)(H,34,40)(H,35,37). The number of furan rings is 1. The molecule has 3 N–H and O–H groups in total. The molecule has 0 atom stereocenters. The van der Waals surface area contributed by atoms with Gasteiger partial charge in [-0.15, -0.1) is 11.3 Å². The predicted octanol–water partition coefficient (Wildman–Crippen LogP) is 7.76. The molecule has 2 aliphatic rings. The maximum Gasteiger partial charge on any atom is 0.252 e. The summed E-state index contributed by atoms with van der Waals surface area (Å²) in [5.74, 6) is 0.417. The van der Waals surface area contributed by atoms with Gasteiger partial charge in [0.1, 0.15) is 17.6 Å². The number of thiazole rings is 1. The van der Waals surface area contributed by atoms with E-state index in [0.29, 0.717) is 34.1 Å². The molecule has 3 heterocycles. The first kappa shape index (κ1) is 26.2. The fraction of sp³-hybridized carbons (Fsp3) is 0.355. The number of anilines is 1. The fourth-order valence-corrected chi connectivity index (χ4v) is 7.65. The van der Waals surface area contributed by atoms with Crippen LogP contribution < -0.4 is 10.6 Å². The van der Waals surface area contributed by atoms with Crippen molar-refractivity contribution in [1.29, 1.82) is 0 Å². The number of hydrogen-bond acceptors (Lipinski definition) is 6. The zero-order valence-electron chi connectivity index (χ0n) is 22.6. The molecule has 2 aliphatic carbocycles. The molecule has 3 aromatic heterocycles. The van der Waals surface area contributed by atoms with E-state index in [4.69, 9.17) is 21.6 Å². The molecule has 10 heteroatoms. The number of rotatable bonds is 6. The van der Waals surface area contributed by atoms with E-state index < -0.39 is 5.54 Å². The van der Waals surface area contributed by atoms with Crippen LogP contribution in [0.5, 0.6) is 0 Å². The average molecular weight is 586 g/mol. The molecule has 0 bridgehead atoms. The molecule has 2 fully saturated rings. The minimum absolute atomic E-state index is 0.188. The lowest BCUT2D eigenvalue weighted by Gasteiger charge is -2.29. The number of H-pyrrole nitrogens is 1. The molecule has 5 aromatic rings. The van der Waals surface area contributed by atoms with Crippen LogP contribution in [0.25, 0.3) is 32.6 Å². The van der Waals surface area contributed by atoms with E-state index in [2.05, 4.69) is 20.2 Å². The van der Waals surface area contributed by atoms with Crippen LogP contribution in [-0.4, -0.2) is 31.9 Å². The zero-order chi connectivity index (χ0) is 28.0. The second-order valence-corrected chi connectivity index (χ2v) is 13.0. The third-order valence-corrected chi connectivity index (χ3v) is 9.79. The van der Waals surface area contributed by atoms with Crippen LogP contribution in [-0.2, 0) is 4.79 Å². The summed E-state index contributed by atoms with van der Waals surface area (Å²) in [5, 5.41) is 6.18. The highest BCUT2D eigenvalue weighted by Crippen LogP contribution is 2.37. The number of hydrogen-bond donors (Lipinski definition) is 3. The van der Waals surface area contributed by atoms with Crippen molar-refractivity contribution >= 4 is 62.3 Å². The summed E-state index contributed by atoms with van der Waals surface area (Å²) < 4.78 is 9.38. The van der Waals surface area contributed by atoms with Crippen LogP contribution in [0, 0.1) is 3.95 Å². The van der Waals surface area contributed by atoms with Crippen LogP contribution >= 0.6 is 23.6 Å². The third-order valence-electron chi connectivity index (χ3n) is 8.59. The van der Waals surface area contributed by atoms with Gasteiger partial charge in [0.2, 0.25) is 5.91 Å². The van der Waals surface area contributed by atoms with E-state index in [9.17, 15) is 9.59 Å². The monoisotopic (exact) mass is 585 g/mol. The van der Waals surface area contributed by atoms with Crippen LogP contribution in [0.2, 0.25) is 0 Å². The van der Waals surface area contributed by atoms with Gasteiger partial charge in [-0.1, -0.05) is 32.1 Å². The summed E-state index contributed by atoms with van der Waals surface area (Å²) in [7, 11) is 0. The number of carbonyl (C=O) groups is 2. The largest absolute Gasteiger partial charge is 0.472 e. The Labute approximate surface area is 246 Å². The van der Waals surface area contributed by atoms with Crippen LogP contribution in [0.1, 0.15) is 74.2 Å². The molecule has 0 unspecified atom stereocenters. The number of carbonyl (C=O) groups excluding carboxylic acids is 2. The third kappa shape index (κ3) is 4.89. The minimum atomic E-state index is -0.963. The molecule has 8 nitrogen and oxygen atoms in total. The van der Waals surface area contributed by atoms with E-state index in [0.717, 1.165) is 58.3 Å². The lowest BCUT2D eigenvalue weighted by molar-refractivity contribution is -0.122. The van der Waals surface area contributed by atoms with Crippen molar-refractivity contribution in [3.05, 3.63) is 64.5 Å². The number of nitrogens with one attached hydrogen (secondary N) is 3. The molecule has 41 heavy (non-hydrogen) atoms. The van der Waals surface area contributed by atoms with E-state index in [-0.39, 0.29) is 11.8 Å². The van der Waals surface area contributed by atoms with Crippen LogP contribution in [0.15, 0.2) is 59.4 Å². The number of fused-ring (bicyclic) bond motifs is 2. The molecule has 2 aromatic carbocycles. The Kier molecular flexibility index (Phi) is 6.75. The van der Waals surface area contributed by atoms with Gasteiger partial charge in [0.25, 0.3) is 5.91 Å². The lowest BCUT2D eigenvalue weighted by Crippen LogP contribution is -2.55. The maximum absolute atomic E-state index is 13.7. The SMILES string of the molecule is O=C(NC1(C(=O)Nc2ccc3[nH]c(=S)sc3c2)CCCC1)c1ccc2c(c1)nc(-c1ccoc1)n2C1CCCCC1. The number of nitrogens with zero attached hydrogens (tertiary/aromatic N) is 2. The number of imidazole rings is 1. The van der Waals surface area contributed by atoms with Gasteiger partial charge in [0.15, 0.2) is 3.95 Å². The highest BCUT2D eigenvalue weighted by molar-refractivity contribution is 7.73. The van der Waals surface area contributed by atoms with Gasteiger partial charge >= 0.3 is 0 Å². The van der Waals surface area contributed by atoms with E-state index in [1.165, 1.54) is 30.6 Å². The molecule has 0 radical (unpaired) electrons. The van der Waals surface area contributed by atoms with Gasteiger partial charge in [-0.2, -0.15) is 0 Å². The second-order valence-electron chi connectivity index (χ2n) is 11.2. The van der Waals surface area contributed by atoms with Crippen LogP contribution in [0.3, 0.4) is 0 Å². The molecular weight excluding hydrogens is 555 g/mol. The highest BCUT2D eigenvalue weighted by atomic mass is 32.1. The Morgan fingerprint density at radius 2 is 1.88 bits per heavy atom. The molecule has 0 aliphatic heterocycles. The van der Waals surface area contributed by atoms with Gasteiger partial charge in [0.05, 0.1) is 33.1 Å². The van der Waals surface area contributed by atoms with E-state index >= 15 is 0 Å². The maximum atomic E-state index is 13.7.